The van der Waals surface area contributed by atoms with Crippen LogP contribution in [0.4, 0.5) is 0 Å². The van der Waals surface area contributed by atoms with Gasteiger partial charge in [0.2, 0.25) is 0 Å². The molecule has 9 unspecified atom stereocenters. The van der Waals surface area contributed by atoms with Gasteiger partial charge in [0, 0.05) is 24.7 Å². The van der Waals surface area contributed by atoms with Gasteiger partial charge in [-0.15, -0.1) is 0 Å². The van der Waals surface area contributed by atoms with Crippen LogP contribution in [0, 0.1) is 56.2 Å². The zero-order valence-electron chi connectivity index (χ0n) is 24.0. The Balaban J connectivity index is 1.54. The third-order valence-corrected chi connectivity index (χ3v) is 14.0. The summed E-state index contributed by atoms with van der Waals surface area (Å²) in [5.74, 6) is 2.60. The molecule has 5 aliphatic carbocycles. The molecule has 5 saturated carbocycles. The third-order valence-electron chi connectivity index (χ3n) is 14.0. The number of fused-ring (bicyclic) bond motifs is 7. The molecule has 0 radical (unpaired) electrons. The van der Waals surface area contributed by atoms with E-state index in [1.807, 2.05) is 0 Å². The Hall–Kier alpha value is -0.860. The van der Waals surface area contributed by atoms with Gasteiger partial charge in [0.05, 0.1) is 6.61 Å². The molecule has 3 heteroatoms. The van der Waals surface area contributed by atoms with Crippen LogP contribution in [-0.4, -0.2) is 18.4 Å². The van der Waals surface area contributed by atoms with Crippen molar-refractivity contribution in [1.82, 2.24) is 0 Å². The predicted molar refractivity (Wildman–Crippen MR) is 141 cm³/mol. The van der Waals surface area contributed by atoms with Gasteiger partial charge in [-0.25, -0.2) is 0 Å². The van der Waals surface area contributed by atoms with Crippen LogP contribution >= 0.6 is 0 Å². The van der Waals surface area contributed by atoms with E-state index in [1.165, 1.54) is 57.8 Å². The van der Waals surface area contributed by atoms with Crippen molar-refractivity contribution in [1.29, 1.82) is 0 Å². The lowest BCUT2D eigenvalue weighted by Gasteiger charge is -2.75. The number of Topliss-reactive ketones (excluding diaryl/α,β-unsaturated/α-hetero) is 1. The van der Waals surface area contributed by atoms with E-state index in [1.54, 1.807) is 6.92 Å². The molecule has 0 saturated heterocycles. The first-order chi connectivity index (χ1) is 16.1. The normalized spacial score (nSPS) is 53.0. The molecule has 5 fully saturated rings. The highest BCUT2D eigenvalue weighted by Crippen LogP contribution is 2.78. The van der Waals surface area contributed by atoms with E-state index in [4.69, 9.17) is 4.74 Å². The average Bonchev–Trinajstić information content (AvgIpc) is 2.78. The van der Waals surface area contributed by atoms with Crippen LogP contribution in [0.2, 0.25) is 0 Å². The summed E-state index contributed by atoms with van der Waals surface area (Å²) in [7, 11) is 0. The minimum atomic E-state index is -0.120. The van der Waals surface area contributed by atoms with Gasteiger partial charge in [0.1, 0.15) is 5.78 Å². The number of ether oxygens (including phenoxy) is 1. The Morgan fingerprint density at radius 3 is 2.11 bits per heavy atom. The van der Waals surface area contributed by atoms with Crippen LogP contribution in [-0.2, 0) is 14.3 Å². The van der Waals surface area contributed by atoms with Gasteiger partial charge in [0.25, 0.3) is 0 Å². The lowest BCUT2D eigenvalue weighted by molar-refractivity contribution is -0.264. The molecular formula is C32H52O3. The van der Waals surface area contributed by atoms with Crippen molar-refractivity contribution in [3.8, 4) is 0 Å². The van der Waals surface area contributed by atoms with Gasteiger partial charge in [-0.05, 0) is 109 Å². The molecule has 35 heavy (non-hydrogen) atoms. The summed E-state index contributed by atoms with van der Waals surface area (Å²) >= 11 is 0. The Morgan fingerprint density at radius 1 is 0.800 bits per heavy atom. The fourth-order valence-electron chi connectivity index (χ4n) is 11.5. The molecular weight excluding hydrogens is 432 g/mol. The van der Waals surface area contributed by atoms with E-state index in [2.05, 4.69) is 48.5 Å². The first-order valence-corrected chi connectivity index (χ1v) is 14.8. The number of rotatable bonds is 2. The zero-order chi connectivity index (χ0) is 25.7. The van der Waals surface area contributed by atoms with Crippen LogP contribution in [0.3, 0.4) is 0 Å². The summed E-state index contributed by atoms with van der Waals surface area (Å²) in [5.41, 5.74) is 1.59. The molecule has 198 valence electrons. The molecule has 0 aromatic heterocycles. The van der Waals surface area contributed by atoms with Crippen LogP contribution < -0.4 is 0 Å². The monoisotopic (exact) mass is 484 g/mol. The van der Waals surface area contributed by atoms with Gasteiger partial charge in [-0.3, -0.25) is 9.59 Å². The van der Waals surface area contributed by atoms with Crippen molar-refractivity contribution in [3.05, 3.63) is 0 Å². The molecule has 0 heterocycles. The third kappa shape index (κ3) is 3.41. The van der Waals surface area contributed by atoms with Gasteiger partial charge in [-0.1, -0.05) is 48.5 Å². The Morgan fingerprint density at radius 2 is 1.43 bits per heavy atom. The Bertz CT molecular complexity index is 906. The summed E-state index contributed by atoms with van der Waals surface area (Å²) in [6, 6.07) is 0. The highest BCUT2D eigenvalue weighted by atomic mass is 16.5. The average molecular weight is 485 g/mol. The van der Waals surface area contributed by atoms with Gasteiger partial charge >= 0.3 is 5.97 Å². The fourth-order valence-corrected chi connectivity index (χ4v) is 11.5. The quantitative estimate of drug-likeness (QED) is 0.373. The second-order valence-corrected chi connectivity index (χ2v) is 15.8. The maximum atomic E-state index is 12.8. The number of hydrogen-bond acceptors (Lipinski definition) is 3. The lowest BCUT2D eigenvalue weighted by Crippen LogP contribution is -2.68. The van der Waals surface area contributed by atoms with Gasteiger partial charge < -0.3 is 4.74 Å². The molecule has 9 atom stereocenters. The number of hydrogen-bond donors (Lipinski definition) is 0. The molecule has 0 aromatic rings. The van der Waals surface area contributed by atoms with E-state index in [0.717, 1.165) is 18.8 Å². The van der Waals surface area contributed by atoms with Crippen LogP contribution in [0.25, 0.3) is 0 Å². The predicted octanol–water partition coefficient (Wildman–Crippen LogP) is 8.00. The van der Waals surface area contributed by atoms with E-state index in [0.29, 0.717) is 40.5 Å². The van der Waals surface area contributed by atoms with Crippen molar-refractivity contribution in [2.45, 2.75) is 126 Å². The zero-order valence-corrected chi connectivity index (χ0v) is 24.0. The van der Waals surface area contributed by atoms with Crippen molar-refractivity contribution in [3.63, 3.8) is 0 Å². The van der Waals surface area contributed by atoms with E-state index in [9.17, 15) is 9.59 Å². The van der Waals surface area contributed by atoms with E-state index >= 15 is 0 Å². The highest BCUT2D eigenvalue weighted by Gasteiger charge is 2.71. The van der Waals surface area contributed by atoms with E-state index in [-0.39, 0.29) is 28.1 Å². The molecule has 0 amide bonds. The SMILES string of the molecule is CC(=O)OCC12CCC(C)(C)CC1C1(C)CCC3(C)C4CCC(=O)C(C)C4(C)CCC3C1(C)CC2. The van der Waals surface area contributed by atoms with Crippen LogP contribution in [0.5, 0.6) is 0 Å². The topological polar surface area (TPSA) is 43.4 Å². The standard InChI is InChI=1S/C32H52O3/c1-21-23(34)9-10-24-28(21,5)12-11-25-29(24,6)14-15-31(8)26-19-27(3,4)13-17-32(26,20-35-22(2)33)18-16-30(25,31)7/h21,24-26H,9-20H2,1-8H3. The minimum Gasteiger partial charge on any atom is -0.465 e. The second kappa shape index (κ2) is 7.83. The number of carbonyl (C=O) groups excluding carboxylic acids is 2. The van der Waals surface area contributed by atoms with E-state index < -0.39 is 0 Å². The summed E-state index contributed by atoms with van der Waals surface area (Å²) in [5, 5.41) is 0. The molecule has 0 aromatic carbocycles. The largest absolute Gasteiger partial charge is 0.465 e. The lowest BCUT2D eigenvalue weighted by atomic mass is 9.30. The molecule has 5 rings (SSSR count). The Labute approximate surface area is 214 Å². The van der Waals surface area contributed by atoms with Crippen molar-refractivity contribution in [2.75, 3.05) is 6.61 Å². The molecule has 0 aliphatic heterocycles. The molecule has 0 bridgehead atoms. The number of esters is 1. The highest BCUT2D eigenvalue weighted by molar-refractivity contribution is 5.82. The van der Waals surface area contributed by atoms with Crippen molar-refractivity contribution in [2.24, 2.45) is 56.2 Å². The number of ketones is 1. The first-order valence-electron chi connectivity index (χ1n) is 14.8. The summed E-state index contributed by atoms with van der Waals surface area (Å²) in [4.78, 5) is 24.7. The number of carbonyl (C=O) groups is 2. The first kappa shape index (κ1) is 25.8. The van der Waals surface area contributed by atoms with Gasteiger partial charge in [-0.2, -0.15) is 0 Å². The molecule has 3 nitrogen and oxygen atoms in total. The van der Waals surface area contributed by atoms with Gasteiger partial charge in [0.15, 0.2) is 0 Å². The van der Waals surface area contributed by atoms with Crippen molar-refractivity contribution >= 4 is 11.8 Å². The van der Waals surface area contributed by atoms with Crippen LogP contribution in [0.1, 0.15) is 126 Å². The fraction of sp³-hybridized carbons (Fsp3) is 0.938. The molecule has 5 aliphatic rings. The second-order valence-electron chi connectivity index (χ2n) is 15.8. The maximum absolute atomic E-state index is 12.8. The Kier molecular flexibility index (Phi) is 5.76. The summed E-state index contributed by atoms with van der Waals surface area (Å²) < 4.78 is 5.83. The molecule has 0 N–H and O–H groups in total. The smallest absolute Gasteiger partial charge is 0.302 e. The van der Waals surface area contributed by atoms with Crippen molar-refractivity contribution < 1.29 is 14.3 Å². The molecule has 0 spiro atoms. The minimum absolute atomic E-state index is 0.120. The van der Waals surface area contributed by atoms with Crippen LogP contribution in [0.15, 0.2) is 0 Å². The maximum Gasteiger partial charge on any atom is 0.302 e. The summed E-state index contributed by atoms with van der Waals surface area (Å²) in [6.45, 7) is 19.8. The summed E-state index contributed by atoms with van der Waals surface area (Å²) in [6.07, 6.45) is 13.1.